The molecule has 1 heterocycles. The van der Waals surface area contributed by atoms with E-state index in [4.69, 9.17) is 4.74 Å². The van der Waals surface area contributed by atoms with E-state index in [1.807, 2.05) is 24.3 Å². The van der Waals surface area contributed by atoms with Crippen LogP contribution in [0.25, 0.3) is 0 Å². The van der Waals surface area contributed by atoms with Gasteiger partial charge >= 0.3 is 0 Å². The number of para-hydroxylation sites is 1. The summed E-state index contributed by atoms with van der Waals surface area (Å²) in [6, 6.07) is 13.7. The Bertz CT molecular complexity index is 947. The number of ether oxygens (including phenoxy) is 1. The topological polar surface area (TPSA) is 75.7 Å². The third-order valence-electron chi connectivity index (χ3n) is 5.15. The van der Waals surface area contributed by atoms with Crippen molar-refractivity contribution in [1.82, 2.24) is 4.31 Å². The lowest BCUT2D eigenvalue weighted by molar-refractivity contribution is -0.115. The van der Waals surface area contributed by atoms with Gasteiger partial charge in [-0.2, -0.15) is 4.31 Å². The first-order valence-electron chi connectivity index (χ1n) is 9.81. The average molecular weight is 417 g/mol. The number of amides is 1. The second-order valence-corrected chi connectivity index (χ2v) is 9.77. The number of methoxy groups -OCH3 is 1. The molecule has 1 amide bonds. The van der Waals surface area contributed by atoms with E-state index in [1.165, 1.54) is 0 Å². The van der Waals surface area contributed by atoms with Crippen LogP contribution in [0.15, 0.2) is 53.4 Å². The van der Waals surface area contributed by atoms with Crippen molar-refractivity contribution in [2.45, 2.75) is 31.6 Å². The Hall–Kier alpha value is -2.38. The zero-order valence-corrected chi connectivity index (χ0v) is 17.9. The maximum atomic E-state index is 12.9. The third-order valence-corrected chi connectivity index (χ3v) is 7.00. The molecule has 1 fully saturated rings. The minimum atomic E-state index is -3.53. The van der Waals surface area contributed by atoms with Crippen molar-refractivity contribution in [2.24, 2.45) is 11.8 Å². The number of benzene rings is 2. The van der Waals surface area contributed by atoms with Crippen molar-refractivity contribution in [2.75, 3.05) is 25.5 Å². The molecule has 1 saturated heterocycles. The summed E-state index contributed by atoms with van der Waals surface area (Å²) in [6.45, 7) is 5.26. The van der Waals surface area contributed by atoms with Crippen LogP contribution in [0, 0.1) is 11.8 Å². The summed E-state index contributed by atoms with van der Waals surface area (Å²) in [4.78, 5) is 12.6. The van der Waals surface area contributed by atoms with Gasteiger partial charge in [0.2, 0.25) is 15.9 Å². The molecule has 0 saturated carbocycles. The smallest absolute Gasteiger partial charge is 0.243 e. The fourth-order valence-electron chi connectivity index (χ4n) is 3.89. The molecule has 3 rings (SSSR count). The van der Waals surface area contributed by atoms with Crippen LogP contribution in [-0.4, -0.2) is 38.8 Å². The van der Waals surface area contributed by atoms with E-state index in [1.54, 1.807) is 35.7 Å². The second kappa shape index (κ2) is 8.97. The van der Waals surface area contributed by atoms with E-state index in [9.17, 15) is 13.2 Å². The Balaban J connectivity index is 1.67. The van der Waals surface area contributed by atoms with Gasteiger partial charge in [-0.1, -0.05) is 32.0 Å². The molecule has 1 N–H and O–H groups in total. The lowest BCUT2D eigenvalue weighted by atomic mass is 9.94. The van der Waals surface area contributed by atoms with E-state index in [2.05, 4.69) is 19.2 Å². The number of piperidine rings is 1. The highest BCUT2D eigenvalue weighted by molar-refractivity contribution is 7.89. The summed E-state index contributed by atoms with van der Waals surface area (Å²) in [5.41, 5.74) is 1.35. The molecule has 0 bridgehead atoms. The van der Waals surface area contributed by atoms with Crippen molar-refractivity contribution in [3.05, 3.63) is 54.1 Å². The highest BCUT2D eigenvalue weighted by atomic mass is 32.2. The molecule has 0 radical (unpaired) electrons. The normalized spacial score (nSPS) is 20.2. The molecule has 1 aliphatic rings. The van der Waals surface area contributed by atoms with Gasteiger partial charge in [-0.15, -0.1) is 0 Å². The number of sulfonamides is 1. The quantitative estimate of drug-likeness (QED) is 0.781. The Kier molecular flexibility index (Phi) is 6.59. The van der Waals surface area contributed by atoms with Gasteiger partial charge in [0.05, 0.1) is 18.4 Å². The molecule has 1 aliphatic heterocycles. The van der Waals surface area contributed by atoms with Crippen LogP contribution in [-0.2, 0) is 21.2 Å². The van der Waals surface area contributed by atoms with Gasteiger partial charge < -0.3 is 10.1 Å². The third kappa shape index (κ3) is 5.16. The summed E-state index contributed by atoms with van der Waals surface area (Å²) in [6.07, 6.45) is 1.22. The van der Waals surface area contributed by atoms with Crippen LogP contribution in [0.5, 0.6) is 5.75 Å². The molecular formula is C22H28N2O4S. The van der Waals surface area contributed by atoms with E-state index in [0.29, 0.717) is 36.4 Å². The molecule has 2 aromatic carbocycles. The predicted molar refractivity (Wildman–Crippen MR) is 113 cm³/mol. The molecular weight excluding hydrogens is 388 g/mol. The second-order valence-electron chi connectivity index (χ2n) is 7.83. The molecule has 2 aromatic rings. The van der Waals surface area contributed by atoms with Crippen LogP contribution in [0.3, 0.4) is 0 Å². The summed E-state index contributed by atoms with van der Waals surface area (Å²) in [7, 11) is -1.96. The Morgan fingerprint density at radius 2 is 1.69 bits per heavy atom. The SMILES string of the molecule is COc1ccccc1CC(=O)Nc1ccc(S(=O)(=O)N2C[C@H](C)C[C@H](C)C2)cc1. The number of anilines is 1. The first kappa shape index (κ1) is 21.3. The van der Waals surface area contributed by atoms with E-state index in [-0.39, 0.29) is 17.2 Å². The summed E-state index contributed by atoms with van der Waals surface area (Å²) in [5.74, 6) is 1.17. The van der Waals surface area contributed by atoms with E-state index < -0.39 is 10.0 Å². The van der Waals surface area contributed by atoms with Crippen LogP contribution in [0.2, 0.25) is 0 Å². The summed E-state index contributed by atoms with van der Waals surface area (Å²) < 4.78 is 32.7. The molecule has 0 unspecified atom stereocenters. The summed E-state index contributed by atoms with van der Waals surface area (Å²) in [5, 5.41) is 2.81. The zero-order valence-electron chi connectivity index (χ0n) is 17.1. The van der Waals surface area contributed by atoms with Crippen molar-refractivity contribution in [1.29, 1.82) is 0 Å². The zero-order chi connectivity index (χ0) is 21.0. The van der Waals surface area contributed by atoms with Crippen LogP contribution in [0.4, 0.5) is 5.69 Å². The van der Waals surface area contributed by atoms with Gasteiger partial charge in [0.15, 0.2) is 0 Å². The van der Waals surface area contributed by atoms with Gasteiger partial charge in [0.1, 0.15) is 5.75 Å². The molecule has 2 atom stereocenters. The van der Waals surface area contributed by atoms with Crippen LogP contribution < -0.4 is 10.1 Å². The molecule has 29 heavy (non-hydrogen) atoms. The molecule has 7 heteroatoms. The predicted octanol–water partition coefficient (Wildman–Crippen LogP) is 3.54. The van der Waals surface area contributed by atoms with Crippen LogP contribution >= 0.6 is 0 Å². The lowest BCUT2D eigenvalue weighted by Gasteiger charge is -2.34. The highest BCUT2D eigenvalue weighted by Gasteiger charge is 2.31. The fourth-order valence-corrected chi connectivity index (χ4v) is 5.57. The van der Waals surface area contributed by atoms with Crippen molar-refractivity contribution < 1.29 is 17.9 Å². The van der Waals surface area contributed by atoms with E-state index in [0.717, 1.165) is 12.0 Å². The first-order valence-corrected chi connectivity index (χ1v) is 11.3. The monoisotopic (exact) mass is 416 g/mol. The first-order chi connectivity index (χ1) is 13.8. The van der Waals surface area contributed by atoms with Gasteiger partial charge in [0, 0.05) is 24.3 Å². The van der Waals surface area contributed by atoms with Gasteiger partial charge in [-0.25, -0.2) is 8.42 Å². The fraction of sp³-hybridized carbons (Fsp3) is 0.409. The van der Waals surface area contributed by atoms with Gasteiger partial charge in [0.25, 0.3) is 0 Å². The molecule has 0 aliphatic carbocycles. The number of carbonyl (C=O) groups is 1. The van der Waals surface area contributed by atoms with Gasteiger partial charge in [-0.3, -0.25) is 4.79 Å². The van der Waals surface area contributed by atoms with Crippen LogP contribution in [0.1, 0.15) is 25.8 Å². The van der Waals surface area contributed by atoms with E-state index >= 15 is 0 Å². The van der Waals surface area contributed by atoms with Gasteiger partial charge in [-0.05, 0) is 48.6 Å². The Morgan fingerprint density at radius 1 is 1.07 bits per heavy atom. The number of nitrogens with one attached hydrogen (secondary N) is 1. The Morgan fingerprint density at radius 3 is 2.31 bits per heavy atom. The summed E-state index contributed by atoms with van der Waals surface area (Å²) >= 11 is 0. The number of carbonyl (C=O) groups excluding carboxylic acids is 1. The largest absolute Gasteiger partial charge is 0.496 e. The number of rotatable bonds is 6. The maximum absolute atomic E-state index is 12.9. The molecule has 156 valence electrons. The van der Waals surface area contributed by atoms with Crippen molar-refractivity contribution in [3.8, 4) is 5.75 Å². The molecule has 0 aromatic heterocycles. The Labute approximate surface area is 172 Å². The molecule has 6 nitrogen and oxygen atoms in total. The standard InChI is InChI=1S/C22H28N2O4S/c1-16-12-17(2)15-24(14-16)29(26,27)20-10-8-19(9-11-20)23-22(25)13-18-6-4-5-7-21(18)28-3/h4-11,16-17H,12-15H2,1-3H3,(H,23,25)/t16-,17+. The number of nitrogens with zero attached hydrogens (tertiary/aromatic N) is 1. The average Bonchev–Trinajstić information content (AvgIpc) is 2.68. The minimum Gasteiger partial charge on any atom is -0.496 e. The van der Waals surface area contributed by atoms with Crippen molar-refractivity contribution in [3.63, 3.8) is 0 Å². The number of hydrogen-bond donors (Lipinski definition) is 1. The molecule has 0 spiro atoms. The maximum Gasteiger partial charge on any atom is 0.243 e. The number of hydrogen-bond acceptors (Lipinski definition) is 4. The lowest BCUT2D eigenvalue weighted by Crippen LogP contribution is -2.42. The minimum absolute atomic E-state index is 0.174. The van der Waals surface area contributed by atoms with Crippen molar-refractivity contribution >= 4 is 21.6 Å². The highest BCUT2D eigenvalue weighted by Crippen LogP contribution is 2.27.